The first-order valence-electron chi connectivity index (χ1n) is 9.79. The summed E-state index contributed by atoms with van der Waals surface area (Å²) in [5.41, 5.74) is 2.23. The fourth-order valence-corrected chi connectivity index (χ4v) is 4.32. The van der Waals surface area contributed by atoms with Crippen molar-refractivity contribution in [2.45, 2.75) is 44.2 Å². The molecule has 2 aromatic rings. The summed E-state index contributed by atoms with van der Waals surface area (Å²) in [4.78, 5) is 5.03. The summed E-state index contributed by atoms with van der Waals surface area (Å²) in [6.45, 7) is 3.68. The molecule has 2 atom stereocenters. The molecule has 0 radical (unpaired) electrons. The van der Waals surface area contributed by atoms with Crippen molar-refractivity contribution in [3.05, 3.63) is 71.8 Å². The largest absolute Gasteiger partial charge is 0.373 e. The Labute approximate surface area is 168 Å². The molecule has 1 heterocycles. The number of nitrogens with one attached hydrogen (secondary N) is 1. The molecule has 27 heavy (non-hydrogen) atoms. The number of hydrogen-bond donors (Lipinski definition) is 1. The van der Waals surface area contributed by atoms with Gasteiger partial charge in [0, 0.05) is 6.61 Å². The van der Waals surface area contributed by atoms with Crippen LogP contribution >= 0.6 is 12.4 Å². The van der Waals surface area contributed by atoms with Gasteiger partial charge >= 0.3 is 0 Å². The molecule has 0 saturated heterocycles. The maximum absolute atomic E-state index is 6.02. The molecular weight excluding hydrogens is 356 g/mol. The second-order valence-electron chi connectivity index (χ2n) is 7.75. The van der Waals surface area contributed by atoms with Gasteiger partial charge < -0.3 is 10.1 Å². The highest BCUT2D eigenvalue weighted by atomic mass is 35.5. The highest BCUT2D eigenvalue weighted by Crippen LogP contribution is 2.41. The summed E-state index contributed by atoms with van der Waals surface area (Å²) < 4.78 is 6.02. The minimum absolute atomic E-state index is 0. The Bertz CT molecular complexity index is 743. The van der Waals surface area contributed by atoms with E-state index in [0.29, 0.717) is 6.61 Å². The average Bonchev–Trinajstić information content (AvgIpc) is 3.32. The van der Waals surface area contributed by atoms with Crippen LogP contribution in [-0.2, 0) is 10.3 Å². The van der Waals surface area contributed by atoms with Gasteiger partial charge in [0.15, 0.2) is 0 Å². The van der Waals surface area contributed by atoms with Gasteiger partial charge in [0.25, 0.3) is 0 Å². The Balaban J connectivity index is 0.00000210. The van der Waals surface area contributed by atoms with Gasteiger partial charge in [0.1, 0.15) is 18.5 Å². The van der Waals surface area contributed by atoms with Crippen LogP contribution in [0.4, 0.5) is 0 Å². The minimum atomic E-state index is -0.255. The molecule has 0 aromatic heterocycles. The second kappa shape index (κ2) is 8.90. The Morgan fingerprint density at radius 3 is 2.30 bits per heavy atom. The molecule has 4 heteroatoms. The van der Waals surface area contributed by atoms with E-state index < -0.39 is 0 Å². The summed E-state index contributed by atoms with van der Waals surface area (Å²) in [7, 11) is 0. The van der Waals surface area contributed by atoms with Gasteiger partial charge in [0.05, 0.1) is 5.54 Å². The monoisotopic (exact) mass is 384 g/mol. The summed E-state index contributed by atoms with van der Waals surface area (Å²) >= 11 is 0. The molecule has 1 fully saturated rings. The lowest BCUT2D eigenvalue weighted by Crippen LogP contribution is -2.42. The molecular formula is C23H29ClN2O. The van der Waals surface area contributed by atoms with E-state index in [-0.39, 0.29) is 24.0 Å². The van der Waals surface area contributed by atoms with Crippen molar-refractivity contribution in [2.75, 3.05) is 13.2 Å². The molecule has 1 aliphatic heterocycles. The van der Waals surface area contributed by atoms with Crippen molar-refractivity contribution < 1.29 is 4.74 Å². The molecule has 144 valence electrons. The van der Waals surface area contributed by atoms with Gasteiger partial charge in [-0.25, -0.2) is 0 Å². The van der Waals surface area contributed by atoms with Gasteiger partial charge in [-0.1, -0.05) is 73.5 Å². The zero-order valence-electron chi connectivity index (χ0n) is 15.9. The van der Waals surface area contributed by atoms with Gasteiger partial charge in [0.2, 0.25) is 0 Å². The molecule has 2 unspecified atom stereocenters. The fourth-order valence-electron chi connectivity index (χ4n) is 4.32. The van der Waals surface area contributed by atoms with E-state index in [1.54, 1.807) is 0 Å². The Morgan fingerprint density at radius 1 is 1.00 bits per heavy atom. The van der Waals surface area contributed by atoms with Gasteiger partial charge in [-0.3, -0.25) is 4.99 Å². The number of benzene rings is 2. The molecule has 3 nitrogen and oxygen atoms in total. The fraction of sp³-hybridized carbons (Fsp3) is 0.435. The first kappa shape index (κ1) is 19.9. The van der Waals surface area contributed by atoms with Gasteiger partial charge in [-0.15, -0.1) is 12.4 Å². The van der Waals surface area contributed by atoms with E-state index in [9.17, 15) is 0 Å². The van der Waals surface area contributed by atoms with Crippen molar-refractivity contribution >= 4 is 18.2 Å². The average molecular weight is 385 g/mol. The summed E-state index contributed by atoms with van der Waals surface area (Å²) in [6.07, 6.45) is 5.34. The minimum Gasteiger partial charge on any atom is -0.373 e. The van der Waals surface area contributed by atoms with Gasteiger partial charge in [-0.05, 0) is 36.8 Å². The van der Waals surface area contributed by atoms with Crippen LogP contribution in [0, 0.1) is 5.92 Å². The summed E-state index contributed by atoms with van der Waals surface area (Å²) in [6, 6.07) is 21.2. The van der Waals surface area contributed by atoms with Crippen molar-refractivity contribution in [3.63, 3.8) is 0 Å². The Kier molecular flexibility index (Phi) is 6.56. The lowest BCUT2D eigenvalue weighted by Gasteiger charge is -2.32. The zero-order chi connectivity index (χ0) is 17.8. The van der Waals surface area contributed by atoms with E-state index in [2.05, 4.69) is 72.9 Å². The molecule has 2 aliphatic rings. The normalized spacial score (nSPS) is 24.9. The molecule has 0 amide bonds. The number of nitrogens with zero attached hydrogens (tertiary/aromatic N) is 1. The van der Waals surface area contributed by atoms with Crippen molar-refractivity contribution in [1.82, 2.24) is 5.32 Å². The maximum Gasteiger partial charge on any atom is 0.124 e. The second-order valence-corrected chi connectivity index (χ2v) is 7.75. The predicted molar refractivity (Wildman–Crippen MR) is 114 cm³/mol. The highest BCUT2D eigenvalue weighted by Gasteiger charge is 2.42. The maximum atomic E-state index is 6.02. The van der Waals surface area contributed by atoms with E-state index in [0.717, 1.165) is 18.4 Å². The standard InChI is InChI=1S/C23H28N2O.ClH/c1-23(20-14-6-3-7-15-20)22(19-12-4-2-5-13-19)24-21(25-23)17-26-16-18-10-8-9-11-18;/h2-7,12-15,18,22H,8-11,16-17H2,1H3,(H,24,25);1H. The zero-order valence-corrected chi connectivity index (χ0v) is 16.8. The topological polar surface area (TPSA) is 33.6 Å². The number of ether oxygens (including phenoxy) is 1. The van der Waals surface area contributed by atoms with E-state index >= 15 is 0 Å². The summed E-state index contributed by atoms with van der Waals surface area (Å²) in [5.74, 6) is 1.70. The number of halogens is 1. The molecule has 1 aliphatic carbocycles. The molecule has 1 saturated carbocycles. The SMILES string of the molecule is CC1(c2ccccc2)NC(COCC2CCCC2)=NC1c1ccccc1.Cl. The van der Waals surface area contributed by atoms with Crippen LogP contribution in [0.3, 0.4) is 0 Å². The van der Waals surface area contributed by atoms with Crippen molar-refractivity contribution in [3.8, 4) is 0 Å². The molecule has 2 aromatic carbocycles. The third-order valence-electron chi connectivity index (χ3n) is 5.79. The Hall–Kier alpha value is -1.84. The van der Waals surface area contributed by atoms with E-state index in [4.69, 9.17) is 9.73 Å². The van der Waals surface area contributed by atoms with Crippen LogP contribution in [0.5, 0.6) is 0 Å². The van der Waals surface area contributed by atoms with Crippen molar-refractivity contribution in [2.24, 2.45) is 10.9 Å². The van der Waals surface area contributed by atoms with Crippen LogP contribution in [0.2, 0.25) is 0 Å². The van der Waals surface area contributed by atoms with Crippen LogP contribution in [0.1, 0.15) is 49.8 Å². The smallest absolute Gasteiger partial charge is 0.124 e. The number of aliphatic imine (C=N–C) groups is 1. The first-order valence-corrected chi connectivity index (χ1v) is 9.79. The molecule has 0 spiro atoms. The van der Waals surface area contributed by atoms with Crippen LogP contribution in [-0.4, -0.2) is 19.0 Å². The van der Waals surface area contributed by atoms with Gasteiger partial charge in [-0.2, -0.15) is 0 Å². The number of amidine groups is 1. The lowest BCUT2D eigenvalue weighted by atomic mass is 9.82. The quantitative estimate of drug-likeness (QED) is 0.735. The van der Waals surface area contributed by atoms with E-state index in [1.807, 2.05) is 0 Å². The lowest BCUT2D eigenvalue weighted by molar-refractivity contribution is 0.131. The third kappa shape index (κ3) is 4.36. The van der Waals surface area contributed by atoms with E-state index in [1.165, 1.54) is 36.8 Å². The predicted octanol–water partition coefficient (Wildman–Crippen LogP) is 5.27. The van der Waals surface area contributed by atoms with Crippen LogP contribution in [0.15, 0.2) is 65.7 Å². The number of rotatable bonds is 6. The molecule has 4 rings (SSSR count). The van der Waals surface area contributed by atoms with Crippen LogP contribution < -0.4 is 5.32 Å². The molecule has 0 bridgehead atoms. The Morgan fingerprint density at radius 2 is 1.63 bits per heavy atom. The first-order chi connectivity index (χ1) is 12.8. The van der Waals surface area contributed by atoms with Crippen LogP contribution in [0.25, 0.3) is 0 Å². The third-order valence-corrected chi connectivity index (χ3v) is 5.79. The molecule has 1 N–H and O–H groups in total. The van der Waals surface area contributed by atoms with Crippen molar-refractivity contribution in [1.29, 1.82) is 0 Å². The summed E-state index contributed by atoms with van der Waals surface area (Å²) in [5, 5.41) is 3.68. The highest BCUT2D eigenvalue weighted by molar-refractivity contribution is 5.87. The number of hydrogen-bond acceptors (Lipinski definition) is 3.